The predicted octanol–water partition coefficient (Wildman–Crippen LogP) is 2.07. The van der Waals surface area contributed by atoms with E-state index in [1.54, 1.807) is 4.31 Å². The molecule has 1 N–H and O–H groups in total. The van der Waals surface area contributed by atoms with Crippen LogP contribution in [0.4, 0.5) is 0 Å². The van der Waals surface area contributed by atoms with Gasteiger partial charge in [-0.2, -0.15) is 0 Å². The van der Waals surface area contributed by atoms with E-state index in [9.17, 15) is 8.42 Å². The van der Waals surface area contributed by atoms with E-state index < -0.39 is 10.0 Å². The lowest BCUT2D eigenvalue weighted by Gasteiger charge is -2.33. The van der Waals surface area contributed by atoms with Crippen LogP contribution in [0.15, 0.2) is 0 Å². The monoisotopic (exact) mass is 314 g/mol. The standard InChI is InChI=1S/C16H30N2O2S/c1-3-17-15(16-13-7-4-8-14(13)16)10-12-6-5-9-18(11-12)21(2,19)20/h12-17H,3-11H2,1-2H3. The van der Waals surface area contributed by atoms with E-state index in [2.05, 4.69) is 12.2 Å². The summed E-state index contributed by atoms with van der Waals surface area (Å²) in [5.74, 6) is 3.37. The first-order chi connectivity index (χ1) is 10.0. The van der Waals surface area contributed by atoms with E-state index in [1.165, 1.54) is 31.9 Å². The number of piperidine rings is 1. The third kappa shape index (κ3) is 3.45. The first-order valence-electron chi connectivity index (χ1n) is 8.69. The van der Waals surface area contributed by atoms with Crippen molar-refractivity contribution in [2.45, 2.75) is 51.5 Å². The molecule has 0 bridgehead atoms. The Balaban J connectivity index is 1.58. The second-order valence-electron chi connectivity index (χ2n) is 7.37. The van der Waals surface area contributed by atoms with E-state index in [0.717, 1.165) is 50.2 Å². The van der Waals surface area contributed by atoms with Crippen LogP contribution in [0.3, 0.4) is 0 Å². The lowest BCUT2D eigenvalue weighted by atomic mass is 9.88. The third-order valence-corrected chi connectivity index (χ3v) is 7.21. The molecule has 4 unspecified atom stereocenters. The molecule has 122 valence electrons. The van der Waals surface area contributed by atoms with E-state index in [4.69, 9.17) is 0 Å². The van der Waals surface area contributed by atoms with Gasteiger partial charge in [0, 0.05) is 19.1 Å². The minimum absolute atomic E-state index is 0.541. The van der Waals surface area contributed by atoms with Gasteiger partial charge in [-0.25, -0.2) is 12.7 Å². The number of hydrogen-bond acceptors (Lipinski definition) is 3. The highest BCUT2D eigenvalue weighted by molar-refractivity contribution is 7.88. The molecule has 21 heavy (non-hydrogen) atoms. The summed E-state index contributed by atoms with van der Waals surface area (Å²) in [6, 6.07) is 0.620. The number of hydrogen-bond donors (Lipinski definition) is 1. The van der Waals surface area contributed by atoms with Gasteiger partial charge in [0.1, 0.15) is 0 Å². The average Bonchev–Trinajstić information content (AvgIpc) is 2.90. The van der Waals surface area contributed by atoms with E-state index in [-0.39, 0.29) is 0 Å². The molecular weight excluding hydrogens is 284 g/mol. The number of fused-ring (bicyclic) bond motifs is 1. The van der Waals surface area contributed by atoms with Crippen molar-refractivity contribution < 1.29 is 8.42 Å². The van der Waals surface area contributed by atoms with Crippen molar-refractivity contribution in [2.24, 2.45) is 23.7 Å². The van der Waals surface area contributed by atoms with Gasteiger partial charge >= 0.3 is 0 Å². The second-order valence-corrected chi connectivity index (χ2v) is 9.35. The summed E-state index contributed by atoms with van der Waals surface area (Å²) in [6.45, 7) is 4.68. The number of nitrogens with zero attached hydrogens (tertiary/aromatic N) is 1. The zero-order chi connectivity index (χ0) is 15.0. The Morgan fingerprint density at radius 2 is 1.90 bits per heavy atom. The molecule has 1 aliphatic heterocycles. The van der Waals surface area contributed by atoms with Gasteiger partial charge in [-0.1, -0.05) is 13.3 Å². The van der Waals surface area contributed by atoms with E-state index >= 15 is 0 Å². The Morgan fingerprint density at radius 1 is 1.19 bits per heavy atom. The second kappa shape index (κ2) is 6.17. The van der Waals surface area contributed by atoms with Gasteiger partial charge in [0.25, 0.3) is 0 Å². The first-order valence-corrected chi connectivity index (χ1v) is 10.5. The molecule has 0 amide bonds. The van der Waals surface area contributed by atoms with Gasteiger partial charge in [0.15, 0.2) is 0 Å². The number of rotatable bonds is 6. The van der Waals surface area contributed by atoms with Crippen molar-refractivity contribution in [1.29, 1.82) is 0 Å². The van der Waals surface area contributed by atoms with E-state index in [1.807, 2.05) is 0 Å². The molecule has 1 heterocycles. The van der Waals surface area contributed by atoms with Gasteiger partial charge in [0.05, 0.1) is 6.26 Å². The molecule has 1 saturated heterocycles. The fourth-order valence-corrected chi connectivity index (χ4v) is 5.93. The molecule has 3 aliphatic rings. The summed E-state index contributed by atoms with van der Waals surface area (Å²) >= 11 is 0. The SMILES string of the molecule is CCNC(CC1CCCN(S(C)(=O)=O)C1)C1C2CCCC21. The van der Waals surface area contributed by atoms with E-state index in [0.29, 0.717) is 12.0 Å². The van der Waals surface area contributed by atoms with Crippen LogP contribution in [0.2, 0.25) is 0 Å². The normalized spacial score (nSPS) is 38.2. The summed E-state index contributed by atoms with van der Waals surface area (Å²) < 4.78 is 25.2. The van der Waals surface area contributed by atoms with Crippen molar-refractivity contribution >= 4 is 10.0 Å². The Labute approximate surface area is 129 Å². The van der Waals surface area contributed by atoms with Gasteiger partial charge in [-0.3, -0.25) is 0 Å². The van der Waals surface area contributed by atoms with Crippen LogP contribution in [-0.2, 0) is 10.0 Å². The first kappa shape index (κ1) is 15.8. The van der Waals surface area contributed by atoms with Crippen molar-refractivity contribution in [3.63, 3.8) is 0 Å². The summed E-state index contributed by atoms with van der Waals surface area (Å²) in [7, 11) is -3.01. The number of sulfonamides is 1. The minimum Gasteiger partial charge on any atom is -0.314 e. The van der Waals surface area contributed by atoms with Gasteiger partial charge in [0.2, 0.25) is 10.0 Å². The van der Waals surface area contributed by atoms with Crippen LogP contribution < -0.4 is 5.32 Å². The highest BCUT2D eigenvalue weighted by Crippen LogP contribution is 2.59. The van der Waals surface area contributed by atoms with Crippen molar-refractivity contribution in [3.8, 4) is 0 Å². The smallest absolute Gasteiger partial charge is 0.211 e. The van der Waals surface area contributed by atoms with Gasteiger partial charge < -0.3 is 5.32 Å². The molecule has 0 aromatic heterocycles. The fraction of sp³-hybridized carbons (Fsp3) is 1.00. The number of nitrogens with one attached hydrogen (secondary N) is 1. The molecule has 0 aromatic rings. The quantitative estimate of drug-likeness (QED) is 0.816. The summed E-state index contributed by atoms with van der Waals surface area (Å²) in [5, 5.41) is 3.71. The molecule has 4 nitrogen and oxygen atoms in total. The molecule has 2 saturated carbocycles. The topological polar surface area (TPSA) is 49.4 Å². The molecular formula is C16H30N2O2S. The Morgan fingerprint density at radius 3 is 2.52 bits per heavy atom. The Bertz CT molecular complexity index is 455. The Kier molecular flexibility index (Phi) is 4.63. The highest BCUT2D eigenvalue weighted by Gasteiger charge is 2.55. The average molecular weight is 314 g/mol. The zero-order valence-electron chi connectivity index (χ0n) is 13.4. The Hall–Kier alpha value is -0.130. The van der Waals surface area contributed by atoms with Crippen LogP contribution in [0, 0.1) is 23.7 Å². The molecule has 3 fully saturated rings. The zero-order valence-corrected chi connectivity index (χ0v) is 14.2. The maximum Gasteiger partial charge on any atom is 0.211 e. The molecule has 0 radical (unpaired) electrons. The van der Waals surface area contributed by atoms with Crippen LogP contribution >= 0.6 is 0 Å². The highest BCUT2D eigenvalue weighted by atomic mass is 32.2. The van der Waals surface area contributed by atoms with Gasteiger partial charge in [-0.05, 0) is 62.3 Å². The largest absolute Gasteiger partial charge is 0.314 e. The molecule has 0 spiro atoms. The lowest BCUT2D eigenvalue weighted by Crippen LogP contribution is -2.42. The van der Waals surface area contributed by atoms with Gasteiger partial charge in [-0.15, -0.1) is 0 Å². The van der Waals surface area contributed by atoms with Crippen molar-refractivity contribution in [1.82, 2.24) is 9.62 Å². The molecule has 5 heteroatoms. The van der Waals surface area contributed by atoms with Crippen LogP contribution in [0.5, 0.6) is 0 Å². The van der Waals surface area contributed by atoms with Crippen molar-refractivity contribution in [3.05, 3.63) is 0 Å². The summed E-state index contributed by atoms with van der Waals surface area (Å²) in [6.07, 6.45) is 9.01. The van der Waals surface area contributed by atoms with Crippen LogP contribution in [-0.4, -0.2) is 44.7 Å². The molecule has 4 atom stereocenters. The molecule has 2 aliphatic carbocycles. The maximum atomic E-state index is 11.8. The lowest BCUT2D eigenvalue weighted by molar-refractivity contribution is 0.225. The predicted molar refractivity (Wildman–Crippen MR) is 85.5 cm³/mol. The fourth-order valence-electron chi connectivity index (χ4n) is 4.99. The van der Waals surface area contributed by atoms with Crippen molar-refractivity contribution in [2.75, 3.05) is 25.9 Å². The van der Waals surface area contributed by atoms with Crippen LogP contribution in [0.1, 0.15) is 45.4 Å². The summed E-state index contributed by atoms with van der Waals surface area (Å²) in [5.41, 5.74) is 0. The third-order valence-electron chi connectivity index (χ3n) is 5.94. The molecule has 0 aromatic carbocycles. The molecule has 3 rings (SSSR count). The van der Waals surface area contributed by atoms with Crippen LogP contribution in [0.25, 0.3) is 0 Å². The summed E-state index contributed by atoms with van der Waals surface area (Å²) in [4.78, 5) is 0. The minimum atomic E-state index is -3.01. The maximum absolute atomic E-state index is 11.8.